The highest BCUT2D eigenvalue weighted by Crippen LogP contribution is 2.16. The smallest absolute Gasteiger partial charge is 0.220 e. The number of hydrogen-bond acceptors (Lipinski definition) is 4. The topological polar surface area (TPSA) is 89.3 Å². The molecule has 1 aromatic carbocycles. The molecule has 3 N–H and O–H groups in total. The Balaban J connectivity index is 2.40. The molecule has 1 unspecified atom stereocenters. The summed E-state index contributed by atoms with van der Waals surface area (Å²) in [5.74, 6) is 0.0517. The molecule has 0 radical (unpaired) electrons. The number of benzene rings is 1. The number of carbonyl (C=O) groups is 1. The standard InChI is InChI=1S/C14H21BrN2O3S/c1-11(9-16)10-17-14(18)3-2-8-21(19,20)13-6-4-12(15)5-7-13/h4-7,11H,2-3,8-10,16H2,1H3,(H,17,18). The number of nitrogens with one attached hydrogen (secondary N) is 1. The maximum atomic E-state index is 12.1. The summed E-state index contributed by atoms with van der Waals surface area (Å²) in [7, 11) is -3.33. The highest BCUT2D eigenvalue weighted by Gasteiger charge is 2.15. The highest BCUT2D eigenvalue weighted by molar-refractivity contribution is 9.10. The fourth-order valence-electron chi connectivity index (χ4n) is 1.64. The summed E-state index contributed by atoms with van der Waals surface area (Å²) >= 11 is 3.26. The third kappa shape index (κ3) is 6.58. The molecular formula is C14H21BrN2O3S. The highest BCUT2D eigenvalue weighted by atomic mass is 79.9. The molecule has 0 aliphatic rings. The van der Waals surface area contributed by atoms with Gasteiger partial charge in [-0.15, -0.1) is 0 Å². The van der Waals surface area contributed by atoms with Gasteiger partial charge in [0.1, 0.15) is 0 Å². The normalized spacial score (nSPS) is 12.9. The minimum Gasteiger partial charge on any atom is -0.356 e. The lowest BCUT2D eigenvalue weighted by atomic mass is 10.2. The monoisotopic (exact) mass is 376 g/mol. The van der Waals surface area contributed by atoms with E-state index in [4.69, 9.17) is 5.73 Å². The van der Waals surface area contributed by atoms with Crippen LogP contribution < -0.4 is 11.1 Å². The Hall–Kier alpha value is -0.920. The molecule has 0 fully saturated rings. The van der Waals surface area contributed by atoms with E-state index in [9.17, 15) is 13.2 Å². The first-order valence-corrected chi connectivity index (χ1v) is 9.25. The van der Waals surface area contributed by atoms with Crippen molar-refractivity contribution in [2.75, 3.05) is 18.8 Å². The average Bonchev–Trinajstić information content (AvgIpc) is 2.45. The van der Waals surface area contributed by atoms with Gasteiger partial charge in [-0.25, -0.2) is 8.42 Å². The Morgan fingerprint density at radius 1 is 1.33 bits per heavy atom. The lowest BCUT2D eigenvalue weighted by Gasteiger charge is -2.10. The summed E-state index contributed by atoms with van der Waals surface area (Å²) in [6.07, 6.45) is 0.508. The lowest BCUT2D eigenvalue weighted by Crippen LogP contribution is -2.31. The predicted molar refractivity (Wildman–Crippen MR) is 86.7 cm³/mol. The Bertz CT molecular complexity index is 558. The Morgan fingerprint density at radius 2 is 1.95 bits per heavy atom. The van der Waals surface area contributed by atoms with Crippen LogP contribution in [-0.4, -0.2) is 33.2 Å². The van der Waals surface area contributed by atoms with Crippen LogP contribution in [0.15, 0.2) is 33.6 Å². The van der Waals surface area contributed by atoms with Crippen molar-refractivity contribution >= 4 is 31.7 Å². The SMILES string of the molecule is CC(CN)CNC(=O)CCCS(=O)(=O)c1ccc(Br)cc1. The fourth-order valence-corrected chi connectivity index (χ4v) is 3.22. The molecule has 0 bridgehead atoms. The van der Waals surface area contributed by atoms with Crippen molar-refractivity contribution in [3.05, 3.63) is 28.7 Å². The van der Waals surface area contributed by atoms with Crippen molar-refractivity contribution in [2.45, 2.75) is 24.7 Å². The zero-order valence-electron chi connectivity index (χ0n) is 12.0. The Kier molecular flexibility index (Phi) is 7.34. The molecule has 0 aromatic heterocycles. The molecule has 118 valence electrons. The van der Waals surface area contributed by atoms with Crippen molar-refractivity contribution in [3.63, 3.8) is 0 Å². The van der Waals surface area contributed by atoms with Crippen LogP contribution in [0.5, 0.6) is 0 Å². The van der Waals surface area contributed by atoms with Crippen LogP contribution in [0, 0.1) is 5.92 Å². The van der Waals surface area contributed by atoms with E-state index in [1.165, 1.54) is 0 Å². The van der Waals surface area contributed by atoms with Gasteiger partial charge < -0.3 is 11.1 Å². The maximum Gasteiger partial charge on any atom is 0.220 e. The third-order valence-corrected chi connectivity index (χ3v) is 5.38. The second-order valence-corrected chi connectivity index (χ2v) is 8.05. The van der Waals surface area contributed by atoms with Gasteiger partial charge in [-0.05, 0) is 43.1 Å². The second-order valence-electron chi connectivity index (χ2n) is 5.02. The summed E-state index contributed by atoms with van der Waals surface area (Å²) in [6.45, 7) is 2.98. The summed E-state index contributed by atoms with van der Waals surface area (Å²) < 4.78 is 25.0. The molecule has 0 aliphatic heterocycles. The number of rotatable bonds is 8. The van der Waals surface area contributed by atoms with E-state index in [-0.39, 0.29) is 28.9 Å². The molecule has 0 saturated heterocycles. The first kappa shape index (κ1) is 18.1. The molecule has 1 atom stereocenters. The number of amides is 1. The number of hydrogen-bond donors (Lipinski definition) is 2. The van der Waals surface area contributed by atoms with E-state index in [1.807, 2.05) is 6.92 Å². The minimum atomic E-state index is -3.33. The van der Waals surface area contributed by atoms with Gasteiger partial charge in [0, 0.05) is 17.4 Å². The first-order valence-electron chi connectivity index (χ1n) is 6.80. The fraction of sp³-hybridized carbons (Fsp3) is 0.500. The summed E-state index contributed by atoms with van der Waals surface area (Å²) in [6, 6.07) is 6.49. The van der Waals surface area contributed by atoms with E-state index in [0.717, 1.165) is 4.47 Å². The van der Waals surface area contributed by atoms with Crippen molar-refractivity contribution in [1.82, 2.24) is 5.32 Å². The quantitative estimate of drug-likeness (QED) is 0.722. The van der Waals surface area contributed by atoms with Crippen LogP contribution >= 0.6 is 15.9 Å². The van der Waals surface area contributed by atoms with Crippen molar-refractivity contribution < 1.29 is 13.2 Å². The van der Waals surface area contributed by atoms with Gasteiger partial charge in [0.25, 0.3) is 0 Å². The van der Waals surface area contributed by atoms with E-state index in [2.05, 4.69) is 21.2 Å². The number of halogens is 1. The molecule has 5 nitrogen and oxygen atoms in total. The van der Waals surface area contributed by atoms with Crippen LogP contribution in [0.1, 0.15) is 19.8 Å². The van der Waals surface area contributed by atoms with Crippen molar-refractivity contribution in [1.29, 1.82) is 0 Å². The zero-order chi connectivity index (χ0) is 15.9. The Morgan fingerprint density at radius 3 is 2.52 bits per heavy atom. The van der Waals surface area contributed by atoms with Gasteiger partial charge in [0.05, 0.1) is 10.6 Å². The van der Waals surface area contributed by atoms with Crippen LogP contribution in [0.4, 0.5) is 0 Å². The molecule has 1 rings (SSSR count). The third-order valence-electron chi connectivity index (χ3n) is 3.04. The molecule has 0 spiro atoms. The van der Waals surface area contributed by atoms with Crippen LogP contribution in [0.25, 0.3) is 0 Å². The Labute approximate surface area is 134 Å². The summed E-state index contributed by atoms with van der Waals surface area (Å²) in [5.41, 5.74) is 5.46. The lowest BCUT2D eigenvalue weighted by molar-refractivity contribution is -0.121. The maximum absolute atomic E-state index is 12.1. The number of sulfone groups is 1. The predicted octanol–water partition coefficient (Wildman–Crippen LogP) is 1.71. The van der Waals surface area contributed by atoms with Gasteiger partial charge in [-0.2, -0.15) is 0 Å². The molecular weight excluding hydrogens is 356 g/mol. The molecule has 1 amide bonds. The van der Waals surface area contributed by atoms with Crippen LogP contribution in [0.2, 0.25) is 0 Å². The van der Waals surface area contributed by atoms with Crippen LogP contribution in [-0.2, 0) is 14.6 Å². The second kappa shape index (κ2) is 8.51. The molecule has 7 heteroatoms. The van der Waals surface area contributed by atoms with Crippen LogP contribution in [0.3, 0.4) is 0 Å². The van der Waals surface area contributed by atoms with Gasteiger partial charge in [0.15, 0.2) is 9.84 Å². The van der Waals surface area contributed by atoms with Gasteiger partial charge in [-0.1, -0.05) is 22.9 Å². The van der Waals surface area contributed by atoms with Crippen molar-refractivity contribution in [2.24, 2.45) is 11.7 Å². The summed E-state index contributed by atoms with van der Waals surface area (Å²) in [5, 5.41) is 2.75. The zero-order valence-corrected chi connectivity index (χ0v) is 14.4. The summed E-state index contributed by atoms with van der Waals surface area (Å²) in [4.78, 5) is 11.9. The van der Waals surface area contributed by atoms with Crippen molar-refractivity contribution in [3.8, 4) is 0 Å². The largest absolute Gasteiger partial charge is 0.356 e. The van der Waals surface area contributed by atoms with Gasteiger partial charge >= 0.3 is 0 Å². The van der Waals surface area contributed by atoms with E-state index in [1.54, 1.807) is 24.3 Å². The van der Waals surface area contributed by atoms with E-state index < -0.39 is 9.84 Å². The van der Waals surface area contributed by atoms with Gasteiger partial charge in [0.2, 0.25) is 5.91 Å². The van der Waals surface area contributed by atoms with Gasteiger partial charge in [-0.3, -0.25) is 4.79 Å². The van der Waals surface area contributed by atoms with E-state index >= 15 is 0 Å². The average molecular weight is 377 g/mol. The molecule has 0 aliphatic carbocycles. The number of carbonyl (C=O) groups excluding carboxylic acids is 1. The first-order chi connectivity index (χ1) is 9.85. The van der Waals surface area contributed by atoms with E-state index in [0.29, 0.717) is 19.5 Å². The molecule has 0 saturated carbocycles. The minimum absolute atomic E-state index is 0.0332. The number of nitrogens with two attached hydrogens (primary N) is 1. The molecule has 1 aromatic rings. The molecule has 21 heavy (non-hydrogen) atoms. The molecule has 0 heterocycles.